The van der Waals surface area contributed by atoms with E-state index in [-0.39, 0.29) is 11.9 Å². The molecule has 0 aliphatic heterocycles. The zero-order valence-electron chi connectivity index (χ0n) is 16.3. The number of nitrogens with one attached hydrogen (secondary N) is 1. The van der Waals surface area contributed by atoms with E-state index in [2.05, 4.69) is 47.3 Å². The van der Waals surface area contributed by atoms with Crippen molar-refractivity contribution in [2.24, 2.45) is 0 Å². The highest BCUT2D eigenvalue weighted by Gasteiger charge is 2.21. The van der Waals surface area contributed by atoms with Crippen LogP contribution in [0.25, 0.3) is 10.6 Å². The molecule has 0 saturated carbocycles. The number of aromatic nitrogens is 2. The molecule has 1 atom stereocenters. The summed E-state index contributed by atoms with van der Waals surface area (Å²) in [7, 11) is 0. The second-order valence-electron chi connectivity index (χ2n) is 6.93. The number of rotatable bonds is 5. The lowest BCUT2D eigenvalue weighted by molar-refractivity contribution is 0.0938. The molecule has 1 unspecified atom stereocenters. The summed E-state index contributed by atoms with van der Waals surface area (Å²) in [5.74, 6) is -0.211. The fourth-order valence-electron chi connectivity index (χ4n) is 3.28. The van der Waals surface area contributed by atoms with Gasteiger partial charge >= 0.3 is 0 Å². The molecule has 29 heavy (non-hydrogen) atoms. The molecule has 5 heteroatoms. The van der Waals surface area contributed by atoms with E-state index in [1.165, 1.54) is 16.9 Å². The number of pyridine rings is 1. The van der Waals surface area contributed by atoms with E-state index in [0.29, 0.717) is 5.69 Å². The van der Waals surface area contributed by atoms with Crippen LogP contribution in [0.2, 0.25) is 0 Å². The van der Waals surface area contributed by atoms with Crippen molar-refractivity contribution in [3.63, 3.8) is 0 Å². The first-order valence-corrected chi connectivity index (χ1v) is 10.3. The molecular formula is C24H21N3OS. The summed E-state index contributed by atoms with van der Waals surface area (Å²) in [6.45, 7) is 4.13. The third-order valence-corrected chi connectivity index (χ3v) is 5.62. The van der Waals surface area contributed by atoms with Gasteiger partial charge in [0.25, 0.3) is 5.91 Å². The number of thiazole rings is 1. The molecule has 2 aromatic carbocycles. The first-order valence-electron chi connectivity index (χ1n) is 9.42. The van der Waals surface area contributed by atoms with Crippen molar-refractivity contribution < 1.29 is 4.79 Å². The Balaban J connectivity index is 1.61. The zero-order valence-corrected chi connectivity index (χ0v) is 17.1. The van der Waals surface area contributed by atoms with Gasteiger partial charge < -0.3 is 5.32 Å². The summed E-state index contributed by atoms with van der Waals surface area (Å²) < 4.78 is 0. The Morgan fingerprint density at radius 2 is 1.79 bits per heavy atom. The van der Waals surface area contributed by atoms with Gasteiger partial charge in [-0.3, -0.25) is 9.78 Å². The standard InChI is InChI=1S/C24H21N3OS/c1-16-11-12-19(17(2)14-16)24-26-21(15-29-24)23(28)27-22(18-8-4-3-5-9-18)20-10-6-7-13-25-20/h3-15,22H,1-2H3,(H,27,28). The van der Waals surface area contributed by atoms with Gasteiger partial charge in [0, 0.05) is 17.1 Å². The second kappa shape index (κ2) is 8.37. The van der Waals surface area contributed by atoms with Crippen LogP contribution in [0, 0.1) is 13.8 Å². The Kier molecular flexibility index (Phi) is 5.49. The maximum atomic E-state index is 13.0. The third-order valence-electron chi connectivity index (χ3n) is 4.74. The SMILES string of the molecule is Cc1ccc(-c2nc(C(=O)NC(c3ccccc3)c3ccccn3)cs2)c(C)c1. The molecule has 4 nitrogen and oxygen atoms in total. The molecule has 0 aliphatic carbocycles. The van der Waals surface area contributed by atoms with Crippen LogP contribution in [0.4, 0.5) is 0 Å². The fraction of sp³-hybridized carbons (Fsp3) is 0.125. The summed E-state index contributed by atoms with van der Waals surface area (Å²) >= 11 is 1.48. The average Bonchev–Trinajstić information content (AvgIpc) is 3.23. The van der Waals surface area contributed by atoms with Crippen LogP contribution in [0.1, 0.15) is 38.9 Å². The van der Waals surface area contributed by atoms with E-state index in [1.54, 1.807) is 6.20 Å². The van der Waals surface area contributed by atoms with Crippen molar-refractivity contribution in [2.75, 3.05) is 0 Å². The van der Waals surface area contributed by atoms with Crippen molar-refractivity contribution in [3.05, 3.63) is 106 Å². The molecule has 0 fully saturated rings. The molecule has 1 N–H and O–H groups in total. The summed E-state index contributed by atoms with van der Waals surface area (Å²) in [5.41, 5.74) is 5.61. The van der Waals surface area contributed by atoms with Gasteiger partial charge in [-0.1, -0.05) is 60.2 Å². The Hall–Kier alpha value is -3.31. The summed E-state index contributed by atoms with van der Waals surface area (Å²) in [5, 5.41) is 5.76. The van der Waals surface area contributed by atoms with Gasteiger partial charge in [-0.15, -0.1) is 11.3 Å². The van der Waals surface area contributed by atoms with Crippen LogP contribution >= 0.6 is 11.3 Å². The Morgan fingerprint density at radius 3 is 2.52 bits per heavy atom. The summed E-state index contributed by atoms with van der Waals surface area (Å²) in [6.07, 6.45) is 1.73. The minimum Gasteiger partial charge on any atom is -0.338 e. The maximum Gasteiger partial charge on any atom is 0.271 e. The first kappa shape index (κ1) is 19.0. The van der Waals surface area contributed by atoms with Crippen LogP contribution in [-0.2, 0) is 0 Å². The lowest BCUT2D eigenvalue weighted by Gasteiger charge is -2.18. The molecule has 1 amide bonds. The smallest absolute Gasteiger partial charge is 0.271 e. The zero-order chi connectivity index (χ0) is 20.2. The van der Waals surface area contributed by atoms with E-state index in [9.17, 15) is 4.79 Å². The lowest BCUT2D eigenvalue weighted by atomic mass is 10.0. The summed E-state index contributed by atoms with van der Waals surface area (Å²) in [6, 6.07) is 21.5. The number of nitrogens with zero attached hydrogens (tertiary/aromatic N) is 2. The van der Waals surface area contributed by atoms with E-state index in [4.69, 9.17) is 0 Å². The highest BCUT2D eigenvalue weighted by atomic mass is 32.1. The first-order chi connectivity index (χ1) is 14.1. The number of aryl methyl sites for hydroxylation is 2. The van der Waals surface area contributed by atoms with E-state index < -0.39 is 0 Å². The van der Waals surface area contributed by atoms with Crippen molar-refractivity contribution in [2.45, 2.75) is 19.9 Å². The van der Waals surface area contributed by atoms with Gasteiger partial charge in [-0.05, 0) is 37.1 Å². The van der Waals surface area contributed by atoms with Gasteiger partial charge in [0.15, 0.2) is 0 Å². The molecule has 0 aliphatic rings. The monoisotopic (exact) mass is 399 g/mol. The number of carbonyl (C=O) groups excluding carboxylic acids is 1. The molecule has 0 radical (unpaired) electrons. The average molecular weight is 400 g/mol. The van der Waals surface area contributed by atoms with E-state index in [0.717, 1.165) is 27.4 Å². The predicted molar refractivity (Wildman–Crippen MR) is 117 cm³/mol. The van der Waals surface area contributed by atoms with Gasteiger partial charge in [-0.25, -0.2) is 4.98 Å². The van der Waals surface area contributed by atoms with Crippen molar-refractivity contribution in [1.82, 2.24) is 15.3 Å². The molecule has 0 saturated heterocycles. The van der Waals surface area contributed by atoms with Gasteiger partial charge in [-0.2, -0.15) is 0 Å². The van der Waals surface area contributed by atoms with Crippen LogP contribution < -0.4 is 5.32 Å². The Labute approximate surface area is 174 Å². The minimum atomic E-state index is -0.337. The third kappa shape index (κ3) is 4.25. The topological polar surface area (TPSA) is 54.9 Å². The fourth-order valence-corrected chi connectivity index (χ4v) is 4.17. The molecule has 0 bridgehead atoms. The minimum absolute atomic E-state index is 0.211. The molecule has 2 aromatic heterocycles. The van der Waals surface area contributed by atoms with Gasteiger partial charge in [0.05, 0.1) is 11.7 Å². The molecule has 4 rings (SSSR count). The largest absolute Gasteiger partial charge is 0.338 e. The highest BCUT2D eigenvalue weighted by Crippen LogP contribution is 2.28. The molecular weight excluding hydrogens is 378 g/mol. The molecule has 2 heterocycles. The Morgan fingerprint density at radius 1 is 1.00 bits per heavy atom. The molecule has 0 spiro atoms. The Bertz CT molecular complexity index is 1080. The summed E-state index contributed by atoms with van der Waals surface area (Å²) in [4.78, 5) is 22.0. The van der Waals surface area contributed by atoms with Crippen molar-refractivity contribution in [3.8, 4) is 10.6 Å². The van der Waals surface area contributed by atoms with Crippen molar-refractivity contribution >= 4 is 17.2 Å². The lowest BCUT2D eigenvalue weighted by Crippen LogP contribution is -2.30. The highest BCUT2D eigenvalue weighted by molar-refractivity contribution is 7.13. The van der Waals surface area contributed by atoms with Crippen LogP contribution in [0.3, 0.4) is 0 Å². The maximum absolute atomic E-state index is 13.0. The number of amides is 1. The number of carbonyl (C=O) groups is 1. The number of hydrogen-bond acceptors (Lipinski definition) is 4. The predicted octanol–water partition coefficient (Wildman–Crippen LogP) is 5.34. The van der Waals surface area contributed by atoms with Gasteiger partial charge in [0.2, 0.25) is 0 Å². The van der Waals surface area contributed by atoms with Gasteiger partial charge in [0.1, 0.15) is 10.7 Å². The van der Waals surface area contributed by atoms with Crippen LogP contribution in [-0.4, -0.2) is 15.9 Å². The molecule has 4 aromatic rings. The van der Waals surface area contributed by atoms with Crippen LogP contribution in [0.5, 0.6) is 0 Å². The van der Waals surface area contributed by atoms with E-state index >= 15 is 0 Å². The van der Waals surface area contributed by atoms with Crippen LogP contribution in [0.15, 0.2) is 78.3 Å². The normalized spacial score (nSPS) is 11.8. The second-order valence-corrected chi connectivity index (χ2v) is 7.79. The van der Waals surface area contributed by atoms with Crippen molar-refractivity contribution in [1.29, 1.82) is 0 Å². The number of hydrogen-bond donors (Lipinski definition) is 1. The number of benzene rings is 2. The quantitative estimate of drug-likeness (QED) is 0.493. The van der Waals surface area contributed by atoms with E-state index in [1.807, 2.05) is 53.9 Å². The molecule has 144 valence electrons.